The topological polar surface area (TPSA) is 39.2 Å². The fourth-order valence-corrected chi connectivity index (χ4v) is 3.54. The van der Waals surface area contributed by atoms with E-state index in [2.05, 4.69) is 15.9 Å². The van der Waals surface area contributed by atoms with Crippen LogP contribution in [0.3, 0.4) is 0 Å². The van der Waals surface area contributed by atoms with E-state index in [1.807, 2.05) is 48.5 Å². The maximum absolute atomic E-state index is 12.5. The molecule has 0 aliphatic rings. The van der Waals surface area contributed by atoms with Crippen molar-refractivity contribution in [1.29, 1.82) is 0 Å². The summed E-state index contributed by atoms with van der Waals surface area (Å²) in [6.07, 6.45) is 0. The molecule has 0 saturated heterocycles. The van der Waals surface area contributed by atoms with E-state index in [1.54, 1.807) is 13.0 Å². The molecule has 0 spiro atoms. The first kappa shape index (κ1) is 19.9. The summed E-state index contributed by atoms with van der Waals surface area (Å²) in [7, 11) is 0. The Kier molecular flexibility index (Phi) is 6.53. The molecule has 0 aliphatic carbocycles. The van der Waals surface area contributed by atoms with Crippen LogP contribution >= 0.6 is 39.1 Å². The molecule has 0 amide bonds. The summed E-state index contributed by atoms with van der Waals surface area (Å²) in [6.45, 7) is 2.07. The third-order valence-corrected chi connectivity index (χ3v) is 5.12. The molecule has 0 N–H and O–H groups in total. The monoisotopic (exact) mass is 463 g/mol. The lowest BCUT2D eigenvalue weighted by atomic mass is 9.96. The Morgan fingerprint density at radius 1 is 1.07 bits per heavy atom. The van der Waals surface area contributed by atoms with Gasteiger partial charge in [-0.2, -0.15) is 0 Å². The van der Waals surface area contributed by atoms with Crippen molar-refractivity contribution in [2.75, 3.05) is 6.61 Å². The standard InChI is InChI=1S/C21H16BrCl2NO2/c1-2-27-21(26)17-11-16(15-5-3-4-6-18(15)24)20(25-19(17)12-22)13-7-9-14(23)10-8-13/h3-11H,2,12H2,1H3. The van der Waals surface area contributed by atoms with Gasteiger partial charge in [0.05, 0.1) is 23.6 Å². The van der Waals surface area contributed by atoms with E-state index in [1.165, 1.54) is 0 Å². The van der Waals surface area contributed by atoms with Crippen molar-refractivity contribution in [2.45, 2.75) is 12.3 Å². The number of halogens is 3. The SMILES string of the molecule is CCOC(=O)c1cc(-c2ccccc2Cl)c(-c2ccc(Cl)cc2)nc1CBr. The Balaban J connectivity index is 2.29. The predicted molar refractivity (Wildman–Crippen MR) is 114 cm³/mol. The van der Waals surface area contributed by atoms with Crippen molar-refractivity contribution in [3.63, 3.8) is 0 Å². The van der Waals surface area contributed by atoms with Gasteiger partial charge >= 0.3 is 5.97 Å². The number of ether oxygens (including phenoxy) is 1. The first-order valence-corrected chi connectivity index (χ1v) is 10.2. The fraction of sp³-hybridized carbons (Fsp3) is 0.143. The minimum Gasteiger partial charge on any atom is -0.462 e. The van der Waals surface area contributed by atoms with Crippen LogP contribution in [0.1, 0.15) is 23.0 Å². The summed E-state index contributed by atoms with van der Waals surface area (Å²) in [6, 6.07) is 16.7. The number of pyridine rings is 1. The molecule has 6 heteroatoms. The van der Waals surface area contributed by atoms with Crippen molar-refractivity contribution in [3.05, 3.63) is 75.9 Å². The zero-order valence-electron chi connectivity index (χ0n) is 14.5. The normalized spacial score (nSPS) is 10.7. The highest BCUT2D eigenvalue weighted by Gasteiger charge is 2.20. The van der Waals surface area contributed by atoms with E-state index < -0.39 is 5.97 Å². The number of aromatic nitrogens is 1. The van der Waals surface area contributed by atoms with Gasteiger partial charge in [-0.25, -0.2) is 4.79 Å². The van der Waals surface area contributed by atoms with Gasteiger partial charge in [-0.3, -0.25) is 4.98 Å². The molecular formula is C21H16BrCl2NO2. The molecule has 0 fully saturated rings. The number of benzene rings is 2. The van der Waals surface area contributed by atoms with Crippen LogP contribution in [-0.4, -0.2) is 17.6 Å². The average Bonchev–Trinajstić information content (AvgIpc) is 2.68. The highest BCUT2D eigenvalue weighted by Crippen LogP contribution is 2.37. The molecule has 138 valence electrons. The van der Waals surface area contributed by atoms with Crippen LogP contribution in [0, 0.1) is 0 Å². The molecule has 0 unspecified atom stereocenters. The molecule has 0 radical (unpaired) electrons. The second-order valence-electron chi connectivity index (χ2n) is 5.72. The van der Waals surface area contributed by atoms with E-state index in [0.29, 0.717) is 33.2 Å². The zero-order chi connectivity index (χ0) is 19.4. The molecule has 27 heavy (non-hydrogen) atoms. The van der Waals surface area contributed by atoms with Gasteiger partial charge in [-0.05, 0) is 31.2 Å². The number of esters is 1. The number of hydrogen-bond acceptors (Lipinski definition) is 3. The van der Waals surface area contributed by atoms with Crippen LogP contribution in [0.5, 0.6) is 0 Å². The third-order valence-electron chi connectivity index (χ3n) is 4.01. The first-order valence-electron chi connectivity index (χ1n) is 8.33. The van der Waals surface area contributed by atoms with E-state index in [0.717, 1.165) is 22.4 Å². The van der Waals surface area contributed by atoms with Crippen molar-refractivity contribution < 1.29 is 9.53 Å². The Hall–Kier alpha value is -1.88. The average molecular weight is 465 g/mol. The van der Waals surface area contributed by atoms with E-state index >= 15 is 0 Å². The number of alkyl halides is 1. The summed E-state index contributed by atoms with van der Waals surface area (Å²) >= 11 is 15.9. The molecule has 3 nitrogen and oxygen atoms in total. The predicted octanol–water partition coefficient (Wildman–Crippen LogP) is 6.79. The van der Waals surface area contributed by atoms with Crippen molar-refractivity contribution in [3.8, 4) is 22.4 Å². The number of nitrogens with zero attached hydrogens (tertiary/aromatic N) is 1. The van der Waals surface area contributed by atoms with Gasteiger partial charge in [0, 0.05) is 32.1 Å². The lowest BCUT2D eigenvalue weighted by molar-refractivity contribution is 0.0525. The Morgan fingerprint density at radius 2 is 1.78 bits per heavy atom. The molecule has 2 aromatic carbocycles. The minimum absolute atomic E-state index is 0.293. The van der Waals surface area contributed by atoms with Crippen LogP contribution in [-0.2, 0) is 10.1 Å². The maximum Gasteiger partial charge on any atom is 0.340 e. The second-order valence-corrected chi connectivity index (χ2v) is 7.12. The van der Waals surface area contributed by atoms with Gasteiger partial charge in [0.1, 0.15) is 0 Å². The van der Waals surface area contributed by atoms with Gasteiger partial charge in [0.25, 0.3) is 0 Å². The second kappa shape index (κ2) is 8.87. The van der Waals surface area contributed by atoms with Crippen molar-refractivity contribution in [2.24, 2.45) is 0 Å². The zero-order valence-corrected chi connectivity index (χ0v) is 17.6. The Morgan fingerprint density at radius 3 is 2.41 bits per heavy atom. The van der Waals surface area contributed by atoms with Gasteiger partial charge in [-0.1, -0.05) is 69.5 Å². The highest BCUT2D eigenvalue weighted by molar-refractivity contribution is 9.08. The van der Waals surface area contributed by atoms with Crippen molar-refractivity contribution in [1.82, 2.24) is 4.98 Å². The molecule has 3 aromatic rings. The lowest BCUT2D eigenvalue weighted by Crippen LogP contribution is -2.10. The summed E-state index contributed by atoms with van der Waals surface area (Å²) in [5.41, 5.74) is 4.18. The van der Waals surface area contributed by atoms with Crippen LogP contribution in [0.4, 0.5) is 0 Å². The Labute approximate surface area is 176 Å². The quantitative estimate of drug-likeness (QED) is 0.308. The number of carbonyl (C=O) groups is 1. The van der Waals surface area contributed by atoms with Crippen LogP contribution < -0.4 is 0 Å². The smallest absolute Gasteiger partial charge is 0.340 e. The van der Waals surface area contributed by atoms with Gasteiger partial charge < -0.3 is 4.74 Å². The molecule has 3 rings (SSSR count). The summed E-state index contributed by atoms with van der Waals surface area (Å²) in [4.78, 5) is 17.2. The molecular weight excluding hydrogens is 449 g/mol. The van der Waals surface area contributed by atoms with Crippen LogP contribution in [0.15, 0.2) is 54.6 Å². The Bertz CT molecular complexity index is 974. The molecule has 0 aliphatic heterocycles. The van der Waals surface area contributed by atoms with E-state index in [4.69, 9.17) is 32.9 Å². The summed E-state index contributed by atoms with van der Waals surface area (Å²) < 4.78 is 5.20. The van der Waals surface area contributed by atoms with E-state index in [-0.39, 0.29) is 0 Å². The summed E-state index contributed by atoms with van der Waals surface area (Å²) in [5, 5.41) is 1.64. The number of hydrogen-bond donors (Lipinski definition) is 0. The van der Waals surface area contributed by atoms with Gasteiger partial charge in [0.2, 0.25) is 0 Å². The van der Waals surface area contributed by atoms with E-state index in [9.17, 15) is 4.79 Å². The number of rotatable bonds is 5. The maximum atomic E-state index is 12.5. The lowest BCUT2D eigenvalue weighted by Gasteiger charge is -2.15. The largest absolute Gasteiger partial charge is 0.462 e. The van der Waals surface area contributed by atoms with Crippen LogP contribution in [0.2, 0.25) is 10.0 Å². The van der Waals surface area contributed by atoms with Gasteiger partial charge in [-0.15, -0.1) is 0 Å². The highest BCUT2D eigenvalue weighted by atomic mass is 79.9. The minimum atomic E-state index is -0.407. The van der Waals surface area contributed by atoms with Gasteiger partial charge in [0.15, 0.2) is 0 Å². The molecule has 1 aromatic heterocycles. The van der Waals surface area contributed by atoms with Crippen LogP contribution in [0.25, 0.3) is 22.4 Å². The third kappa shape index (κ3) is 4.34. The molecule has 0 saturated carbocycles. The molecule has 1 heterocycles. The number of carbonyl (C=O) groups excluding carboxylic acids is 1. The first-order chi connectivity index (χ1) is 13.0. The van der Waals surface area contributed by atoms with Crippen molar-refractivity contribution >= 4 is 45.1 Å². The molecule has 0 atom stereocenters. The molecule has 0 bridgehead atoms. The fourth-order valence-electron chi connectivity index (χ4n) is 2.75. The summed E-state index contributed by atoms with van der Waals surface area (Å²) in [5.74, 6) is -0.407.